The van der Waals surface area contributed by atoms with E-state index in [1.165, 1.54) is 7.11 Å². The van der Waals surface area contributed by atoms with Crippen LogP contribution in [0.25, 0.3) is 0 Å². The highest BCUT2D eigenvalue weighted by Gasteiger charge is 2.26. The standard InChI is InChI=1S/C13H17BrN2O4/c1-19-8-12(17)15-9-4-6-16(7-5-9)13(18)10-2-3-11(14)20-10/h2-3,9H,4-8H2,1H3,(H,15,17). The summed E-state index contributed by atoms with van der Waals surface area (Å²) in [6, 6.07) is 3.45. The highest BCUT2D eigenvalue weighted by molar-refractivity contribution is 9.10. The number of hydrogen-bond donors (Lipinski definition) is 1. The largest absolute Gasteiger partial charge is 0.444 e. The lowest BCUT2D eigenvalue weighted by atomic mass is 10.0. The number of methoxy groups -OCH3 is 1. The fourth-order valence-corrected chi connectivity index (χ4v) is 2.52. The van der Waals surface area contributed by atoms with Gasteiger partial charge in [-0.15, -0.1) is 0 Å². The number of furan rings is 1. The lowest BCUT2D eigenvalue weighted by Gasteiger charge is -2.31. The molecule has 1 fully saturated rings. The van der Waals surface area contributed by atoms with Crippen LogP contribution in [0, 0.1) is 0 Å². The van der Waals surface area contributed by atoms with Crippen molar-refractivity contribution in [1.82, 2.24) is 10.2 Å². The molecule has 0 spiro atoms. The van der Waals surface area contributed by atoms with Gasteiger partial charge in [0.05, 0.1) is 0 Å². The first-order chi connectivity index (χ1) is 9.60. The summed E-state index contributed by atoms with van der Waals surface area (Å²) in [5.41, 5.74) is 0. The minimum atomic E-state index is -0.118. The van der Waals surface area contributed by atoms with Crippen molar-refractivity contribution in [3.63, 3.8) is 0 Å². The Balaban J connectivity index is 1.82. The van der Waals surface area contributed by atoms with Gasteiger partial charge in [-0.05, 0) is 40.9 Å². The number of amides is 2. The minimum absolute atomic E-state index is 0.0690. The third-order valence-corrected chi connectivity index (χ3v) is 3.63. The van der Waals surface area contributed by atoms with Crippen molar-refractivity contribution < 1.29 is 18.7 Å². The minimum Gasteiger partial charge on any atom is -0.444 e. The molecule has 2 rings (SSSR count). The predicted molar refractivity (Wildman–Crippen MR) is 75.4 cm³/mol. The Morgan fingerprint density at radius 2 is 2.15 bits per heavy atom. The van der Waals surface area contributed by atoms with Crippen molar-refractivity contribution in [3.05, 3.63) is 22.6 Å². The topological polar surface area (TPSA) is 71.8 Å². The summed E-state index contributed by atoms with van der Waals surface area (Å²) in [6.45, 7) is 1.28. The summed E-state index contributed by atoms with van der Waals surface area (Å²) >= 11 is 3.18. The summed E-state index contributed by atoms with van der Waals surface area (Å²) in [7, 11) is 1.49. The van der Waals surface area contributed by atoms with Gasteiger partial charge in [-0.25, -0.2) is 0 Å². The second kappa shape index (κ2) is 6.90. The van der Waals surface area contributed by atoms with E-state index in [1.807, 2.05) is 0 Å². The van der Waals surface area contributed by atoms with E-state index in [4.69, 9.17) is 9.15 Å². The maximum absolute atomic E-state index is 12.1. The number of carbonyl (C=O) groups is 2. The van der Waals surface area contributed by atoms with Crippen LogP contribution in [-0.4, -0.2) is 49.6 Å². The van der Waals surface area contributed by atoms with Crippen molar-refractivity contribution in [3.8, 4) is 0 Å². The number of hydrogen-bond acceptors (Lipinski definition) is 4. The molecule has 2 heterocycles. The Hall–Kier alpha value is -1.34. The Morgan fingerprint density at radius 3 is 2.70 bits per heavy atom. The van der Waals surface area contributed by atoms with Crippen LogP contribution in [0.2, 0.25) is 0 Å². The van der Waals surface area contributed by atoms with Gasteiger partial charge < -0.3 is 19.4 Å². The molecule has 1 N–H and O–H groups in total. The van der Waals surface area contributed by atoms with E-state index in [0.717, 1.165) is 12.8 Å². The van der Waals surface area contributed by atoms with Crippen LogP contribution in [0.15, 0.2) is 21.2 Å². The van der Waals surface area contributed by atoms with Crippen LogP contribution in [0.3, 0.4) is 0 Å². The molecule has 7 heteroatoms. The summed E-state index contributed by atoms with van der Waals surface area (Å²) < 4.78 is 10.6. The maximum atomic E-state index is 12.1. The van der Waals surface area contributed by atoms with Crippen LogP contribution >= 0.6 is 15.9 Å². The fraction of sp³-hybridized carbons (Fsp3) is 0.538. The summed E-state index contributed by atoms with van der Waals surface area (Å²) in [4.78, 5) is 25.3. The lowest BCUT2D eigenvalue weighted by molar-refractivity contribution is -0.125. The normalized spacial score (nSPS) is 16.2. The number of likely N-dealkylation sites (tertiary alicyclic amines) is 1. The van der Waals surface area contributed by atoms with Crippen molar-refractivity contribution in [2.45, 2.75) is 18.9 Å². The second-order valence-corrected chi connectivity index (χ2v) is 5.45. The van der Waals surface area contributed by atoms with Gasteiger partial charge in [0, 0.05) is 26.2 Å². The van der Waals surface area contributed by atoms with Crippen molar-refractivity contribution in [2.24, 2.45) is 0 Å². The van der Waals surface area contributed by atoms with E-state index in [-0.39, 0.29) is 24.5 Å². The van der Waals surface area contributed by atoms with E-state index in [1.54, 1.807) is 17.0 Å². The highest BCUT2D eigenvalue weighted by atomic mass is 79.9. The smallest absolute Gasteiger partial charge is 0.289 e. The number of nitrogens with one attached hydrogen (secondary N) is 1. The van der Waals surface area contributed by atoms with Crippen molar-refractivity contribution in [2.75, 3.05) is 26.8 Å². The molecule has 0 bridgehead atoms. The summed E-state index contributed by atoms with van der Waals surface area (Å²) in [5.74, 6) is 0.100. The Morgan fingerprint density at radius 1 is 1.45 bits per heavy atom. The zero-order valence-corrected chi connectivity index (χ0v) is 12.8. The molecule has 2 amide bonds. The van der Waals surface area contributed by atoms with Crippen LogP contribution in [0.5, 0.6) is 0 Å². The molecule has 110 valence electrons. The first-order valence-corrected chi connectivity index (χ1v) is 7.22. The van der Waals surface area contributed by atoms with Gasteiger partial charge in [-0.3, -0.25) is 9.59 Å². The number of nitrogens with zero attached hydrogens (tertiary/aromatic N) is 1. The van der Waals surface area contributed by atoms with Gasteiger partial charge in [0.1, 0.15) is 6.61 Å². The second-order valence-electron chi connectivity index (χ2n) is 4.67. The zero-order valence-electron chi connectivity index (χ0n) is 11.2. The number of ether oxygens (including phenoxy) is 1. The molecular formula is C13H17BrN2O4. The van der Waals surface area contributed by atoms with E-state index in [2.05, 4.69) is 21.2 Å². The average Bonchev–Trinajstić information content (AvgIpc) is 2.86. The van der Waals surface area contributed by atoms with Gasteiger partial charge in [0.2, 0.25) is 5.91 Å². The van der Waals surface area contributed by atoms with Crippen LogP contribution in [0.4, 0.5) is 0 Å². The fourth-order valence-electron chi connectivity index (χ4n) is 2.21. The van der Waals surface area contributed by atoms with Crippen LogP contribution in [-0.2, 0) is 9.53 Å². The molecule has 0 aromatic carbocycles. The first-order valence-electron chi connectivity index (χ1n) is 6.43. The molecule has 1 aliphatic heterocycles. The van der Waals surface area contributed by atoms with Gasteiger partial charge in [0.15, 0.2) is 10.4 Å². The zero-order chi connectivity index (χ0) is 14.5. The number of rotatable bonds is 4. The average molecular weight is 345 g/mol. The molecule has 0 unspecified atom stereocenters. The number of carbonyl (C=O) groups excluding carboxylic acids is 2. The predicted octanol–water partition coefficient (Wildman–Crippen LogP) is 1.41. The Kier molecular flexibility index (Phi) is 5.19. The molecule has 6 nitrogen and oxygen atoms in total. The number of piperidine rings is 1. The van der Waals surface area contributed by atoms with E-state index < -0.39 is 0 Å². The Labute approximate surface area is 125 Å². The molecule has 1 aromatic rings. The van der Waals surface area contributed by atoms with Gasteiger partial charge in [0.25, 0.3) is 5.91 Å². The lowest BCUT2D eigenvalue weighted by Crippen LogP contribution is -2.47. The molecule has 0 aliphatic carbocycles. The van der Waals surface area contributed by atoms with Gasteiger partial charge in [-0.2, -0.15) is 0 Å². The van der Waals surface area contributed by atoms with Crippen molar-refractivity contribution >= 4 is 27.7 Å². The maximum Gasteiger partial charge on any atom is 0.289 e. The Bertz CT molecular complexity index is 480. The van der Waals surface area contributed by atoms with E-state index >= 15 is 0 Å². The van der Waals surface area contributed by atoms with Crippen LogP contribution in [0.1, 0.15) is 23.4 Å². The molecule has 0 radical (unpaired) electrons. The van der Waals surface area contributed by atoms with Crippen molar-refractivity contribution in [1.29, 1.82) is 0 Å². The van der Waals surface area contributed by atoms with Crippen LogP contribution < -0.4 is 5.32 Å². The van der Waals surface area contributed by atoms with Gasteiger partial charge >= 0.3 is 0 Å². The van der Waals surface area contributed by atoms with E-state index in [9.17, 15) is 9.59 Å². The van der Waals surface area contributed by atoms with Gasteiger partial charge in [-0.1, -0.05) is 0 Å². The molecule has 1 saturated heterocycles. The third kappa shape index (κ3) is 3.83. The molecule has 1 aromatic heterocycles. The number of halogens is 1. The molecule has 0 atom stereocenters. The first kappa shape index (κ1) is 15.1. The SMILES string of the molecule is COCC(=O)NC1CCN(C(=O)c2ccc(Br)o2)CC1. The molecule has 0 saturated carbocycles. The summed E-state index contributed by atoms with van der Waals surface area (Å²) in [6.07, 6.45) is 1.48. The monoisotopic (exact) mass is 344 g/mol. The molecule has 1 aliphatic rings. The third-order valence-electron chi connectivity index (χ3n) is 3.21. The summed E-state index contributed by atoms with van der Waals surface area (Å²) in [5, 5.41) is 2.89. The quantitative estimate of drug-likeness (QED) is 0.896. The highest BCUT2D eigenvalue weighted by Crippen LogP contribution is 2.18. The van der Waals surface area contributed by atoms with E-state index in [0.29, 0.717) is 23.5 Å². The molecular weight excluding hydrogens is 328 g/mol. The molecule has 20 heavy (non-hydrogen) atoms.